The van der Waals surface area contributed by atoms with E-state index in [1.165, 1.54) is 0 Å². The second-order valence-electron chi connectivity index (χ2n) is 9.56. The highest BCUT2D eigenvalue weighted by Crippen LogP contribution is 2.41. The number of ether oxygens (including phenoxy) is 1. The van der Waals surface area contributed by atoms with Crippen LogP contribution in [-0.4, -0.2) is 48.6 Å². The molecular weight excluding hydrogens is 394 g/mol. The van der Waals surface area contributed by atoms with Crippen molar-refractivity contribution >= 4 is 16.9 Å². The van der Waals surface area contributed by atoms with Crippen molar-refractivity contribution in [3.8, 4) is 16.9 Å². The third-order valence-electron chi connectivity index (χ3n) is 6.08. The fraction of sp³-hybridized carbons (Fsp3) is 0.522. The van der Waals surface area contributed by atoms with Gasteiger partial charge in [0.05, 0.1) is 30.2 Å². The van der Waals surface area contributed by atoms with E-state index < -0.39 is 5.60 Å². The molecule has 1 aromatic carbocycles. The minimum Gasteiger partial charge on any atom is -0.488 e. The Labute approximate surface area is 181 Å². The summed E-state index contributed by atoms with van der Waals surface area (Å²) in [6.45, 7) is 6.62. The summed E-state index contributed by atoms with van der Waals surface area (Å²) in [7, 11) is 0. The molecule has 5 rings (SSSR count). The van der Waals surface area contributed by atoms with Crippen molar-refractivity contribution in [2.45, 2.75) is 64.3 Å². The molecule has 2 N–H and O–H groups in total. The lowest BCUT2D eigenvalue weighted by Gasteiger charge is -2.21. The zero-order chi connectivity index (χ0) is 21.8. The molecule has 8 heteroatoms. The number of aliphatic hydroxyl groups is 1. The van der Waals surface area contributed by atoms with Crippen molar-refractivity contribution in [1.82, 2.24) is 24.6 Å². The molecule has 1 saturated carbocycles. The van der Waals surface area contributed by atoms with Crippen molar-refractivity contribution in [3.63, 3.8) is 0 Å². The second kappa shape index (κ2) is 7.37. The van der Waals surface area contributed by atoms with Crippen LogP contribution in [0.4, 0.5) is 0 Å². The van der Waals surface area contributed by atoms with Crippen LogP contribution in [-0.2, 0) is 11.3 Å². The minimum absolute atomic E-state index is 0.0848. The third kappa shape index (κ3) is 4.17. The zero-order valence-electron chi connectivity index (χ0n) is 18.2. The predicted octanol–water partition coefficient (Wildman–Crippen LogP) is 2.91. The van der Waals surface area contributed by atoms with Gasteiger partial charge in [-0.2, -0.15) is 5.10 Å². The average Bonchev–Trinajstić information content (AvgIpc) is 3.09. The smallest absolute Gasteiger partial charge is 0.220 e. The van der Waals surface area contributed by atoms with Crippen LogP contribution in [0.1, 0.15) is 46.1 Å². The van der Waals surface area contributed by atoms with Gasteiger partial charge in [0.1, 0.15) is 17.4 Å². The lowest BCUT2D eigenvalue weighted by Crippen LogP contribution is -2.26. The van der Waals surface area contributed by atoms with Gasteiger partial charge in [-0.3, -0.25) is 9.48 Å². The predicted molar refractivity (Wildman–Crippen MR) is 117 cm³/mol. The molecule has 1 aliphatic carbocycles. The third-order valence-corrected chi connectivity index (χ3v) is 6.08. The summed E-state index contributed by atoms with van der Waals surface area (Å²) < 4.78 is 10.4. The minimum atomic E-state index is -0.841. The molecule has 31 heavy (non-hydrogen) atoms. The maximum absolute atomic E-state index is 11.7. The van der Waals surface area contributed by atoms with Crippen LogP contribution in [0.3, 0.4) is 0 Å². The number of rotatable bonds is 7. The number of imidazole rings is 1. The van der Waals surface area contributed by atoms with Crippen molar-refractivity contribution in [2.75, 3.05) is 6.54 Å². The Morgan fingerprint density at radius 3 is 2.81 bits per heavy atom. The molecule has 1 saturated heterocycles. The number of amides is 1. The van der Waals surface area contributed by atoms with Crippen molar-refractivity contribution in [3.05, 3.63) is 30.9 Å². The van der Waals surface area contributed by atoms with Crippen molar-refractivity contribution in [1.29, 1.82) is 0 Å². The number of nitrogens with one attached hydrogen (secondary N) is 1. The summed E-state index contributed by atoms with van der Waals surface area (Å²) in [5, 5.41) is 17.4. The number of hydrogen-bond donors (Lipinski definition) is 2. The van der Waals surface area contributed by atoms with Crippen LogP contribution in [0, 0.1) is 5.92 Å². The Kier molecular flexibility index (Phi) is 4.77. The van der Waals surface area contributed by atoms with Gasteiger partial charge in [0.15, 0.2) is 0 Å². The number of benzene rings is 1. The maximum Gasteiger partial charge on any atom is 0.220 e. The van der Waals surface area contributed by atoms with E-state index in [-0.39, 0.29) is 17.9 Å². The van der Waals surface area contributed by atoms with E-state index >= 15 is 0 Å². The molecular formula is C23H29N5O3. The van der Waals surface area contributed by atoms with Gasteiger partial charge in [-0.15, -0.1) is 0 Å². The SMILES string of the molecule is C[C@@H](Oc1cc(-c2cnn(CC(C)(C)O)c2)cc2ncn(C3CC3)c12)[C@H]1CNC(=O)C1. The summed E-state index contributed by atoms with van der Waals surface area (Å²) in [5.74, 6) is 1.03. The molecule has 2 fully saturated rings. The average molecular weight is 424 g/mol. The van der Waals surface area contributed by atoms with Gasteiger partial charge in [0.25, 0.3) is 0 Å². The Hall–Kier alpha value is -2.87. The fourth-order valence-corrected chi connectivity index (χ4v) is 4.27. The second-order valence-corrected chi connectivity index (χ2v) is 9.56. The summed E-state index contributed by atoms with van der Waals surface area (Å²) in [6.07, 6.45) is 8.36. The topological polar surface area (TPSA) is 94.2 Å². The molecule has 0 radical (unpaired) electrons. The molecule has 1 aliphatic heterocycles. The summed E-state index contributed by atoms with van der Waals surface area (Å²) in [4.78, 5) is 16.3. The highest BCUT2D eigenvalue weighted by molar-refractivity contribution is 5.88. The number of carbonyl (C=O) groups excluding carboxylic acids is 1. The molecule has 1 amide bonds. The van der Waals surface area contributed by atoms with Crippen LogP contribution in [0.2, 0.25) is 0 Å². The largest absolute Gasteiger partial charge is 0.488 e. The summed E-state index contributed by atoms with van der Waals surface area (Å²) in [5.41, 5.74) is 2.98. The lowest BCUT2D eigenvalue weighted by atomic mass is 10.0. The number of aromatic nitrogens is 4. The first-order chi connectivity index (χ1) is 14.8. The number of fused-ring (bicyclic) bond motifs is 1. The number of nitrogens with zero attached hydrogens (tertiary/aromatic N) is 4. The zero-order valence-corrected chi connectivity index (χ0v) is 18.2. The lowest BCUT2D eigenvalue weighted by molar-refractivity contribution is -0.119. The van der Waals surface area contributed by atoms with E-state index in [1.807, 2.05) is 19.4 Å². The Morgan fingerprint density at radius 1 is 1.32 bits per heavy atom. The molecule has 8 nitrogen and oxygen atoms in total. The van der Waals surface area contributed by atoms with Crippen LogP contribution in [0.5, 0.6) is 5.75 Å². The van der Waals surface area contributed by atoms with E-state index in [9.17, 15) is 9.90 Å². The van der Waals surface area contributed by atoms with E-state index in [4.69, 9.17) is 4.74 Å². The molecule has 3 heterocycles. The fourth-order valence-electron chi connectivity index (χ4n) is 4.27. The van der Waals surface area contributed by atoms with Crippen molar-refractivity contribution in [2.24, 2.45) is 5.92 Å². The van der Waals surface area contributed by atoms with Gasteiger partial charge in [0, 0.05) is 36.7 Å². The molecule has 3 aromatic rings. The van der Waals surface area contributed by atoms with Gasteiger partial charge in [-0.05, 0) is 51.3 Å². The van der Waals surface area contributed by atoms with Gasteiger partial charge in [-0.1, -0.05) is 0 Å². The van der Waals surface area contributed by atoms with Gasteiger partial charge < -0.3 is 19.7 Å². The normalized spacial score (nSPS) is 20.3. The van der Waals surface area contributed by atoms with Crippen LogP contribution in [0.15, 0.2) is 30.9 Å². The number of hydrogen-bond acceptors (Lipinski definition) is 5. The van der Waals surface area contributed by atoms with Crippen LogP contribution >= 0.6 is 0 Å². The Balaban J connectivity index is 1.51. The summed E-state index contributed by atoms with van der Waals surface area (Å²) in [6, 6.07) is 4.60. The van der Waals surface area contributed by atoms with Crippen molar-refractivity contribution < 1.29 is 14.6 Å². The van der Waals surface area contributed by atoms with Gasteiger partial charge in [0.2, 0.25) is 5.91 Å². The van der Waals surface area contributed by atoms with Crippen LogP contribution in [0.25, 0.3) is 22.2 Å². The molecule has 164 valence electrons. The van der Waals surface area contributed by atoms with E-state index in [2.05, 4.69) is 32.1 Å². The highest BCUT2D eigenvalue weighted by atomic mass is 16.5. The van der Waals surface area contributed by atoms with E-state index in [0.29, 0.717) is 25.6 Å². The number of carbonyl (C=O) groups is 1. The quantitative estimate of drug-likeness (QED) is 0.609. The van der Waals surface area contributed by atoms with Gasteiger partial charge >= 0.3 is 0 Å². The Morgan fingerprint density at radius 2 is 2.13 bits per heavy atom. The molecule has 0 bridgehead atoms. The standard InChI is InChI=1S/C23H29N5O3/c1-14(16-8-21(29)24-9-16)31-20-7-15(17-10-26-27(11-17)12-23(2,3)30)6-19-22(20)28(13-25-19)18-4-5-18/h6-7,10-11,13-14,16,18,30H,4-5,8-9,12H2,1-3H3,(H,24,29)/t14-,16-/m1/s1. The molecule has 0 spiro atoms. The van der Waals surface area contributed by atoms with Gasteiger partial charge in [-0.25, -0.2) is 4.98 Å². The molecule has 2 aliphatic rings. The summed E-state index contributed by atoms with van der Waals surface area (Å²) >= 11 is 0. The maximum atomic E-state index is 11.7. The van der Waals surface area contributed by atoms with E-state index in [0.717, 1.165) is 40.8 Å². The molecule has 2 aromatic heterocycles. The van der Waals surface area contributed by atoms with E-state index in [1.54, 1.807) is 24.7 Å². The van der Waals surface area contributed by atoms with Crippen LogP contribution < -0.4 is 10.1 Å². The Bertz CT molecular complexity index is 1120. The molecule has 2 atom stereocenters. The highest BCUT2D eigenvalue weighted by Gasteiger charge is 2.30. The first-order valence-corrected chi connectivity index (χ1v) is 11.0. The molecule has 0 unspecified atom stereocenters. The first-order valence-electron chi connectivity index (χ1n) is 11.0. The monoisotopic (exact) mass is 423 g/mol. The first kappa shape index (κ1) is 20.1.